The molecule has 1 amide bonds. The molecule has 8 nitrogen and oxygen atoms in total. The molecule has 4 rings (SSSR count). The predicted octanol–water partition coefficient (Wildman–Crippen LogP) is 4.04. The lowest BCUT2D eigenvalue weighted by Crippen LogP contribution is -2.27. The molecular weight excluding hydrogens is 494 g/mol. The molecule has 0 saturated carbocycles. The number of amides is 1. The van der Waals surface area contributed by atoms with Gasteiger partial charge in [-0.1, -0.05) is 15.9 Å². The number of Topliss-reactive ketones (excluding diaryl/α,β-unsaturated/α-hetero) is 1. The second-order valence-corrected chi connectivity index (χ2v) is 8.22. The van der Waals surface area contributed by atoms with Crippen molar-refractivity contribution >= 4 is 45.2 Å². The Morgan fingerprint density at radius 2 is 1.76 bits per heavy atom. The topological polar surface area (TPSA) is 103 Å². The van der Waals surface area contributed by atoms with Gasteiger partial charge in [0, 0.05) is 28.7 Å². The first-order valence-corrected chi connectivity index (χ1v) is 10.8. The van der Waals surface area contributed by atoms with Crippen molar-refractivity contribution in [3.8, 4) is 5.75 Å². The van der Waals surface area contributed by atoms with Crippen molar-refractivity contribution in [2.45, 2.75) is 6.42 Å². The van der Waals surface area contributed by atoms with E-state index in [0.29, 0.717) is 11.3 Å². The number of halogens is 1. The van der Waals surface area contributed by atoms with Crippen LogP contribution in [-0.4, -0.2) is 36.8 Å². The number of hydrogen-bond donors (Lipinski definition) is 0. The minimum absolute atomic E-state index is 0.0266. The highest BCUT2D eigenvalue weighted by Crippen LogP contribution is 2.27. The van der Waals surface area contributed by atoms with Crippen LogP contribution in [0.15, 0.2) is 75.8 Å². The van der Waals surface area contributed by atoms with Crippen LogP contribution in [-0.2, 0) is 14.3 Å². The minimum atomic E-state index is -0.656. The molecule has 0 bridgehead atoms. The minimum Gasteiger partial charge on any atom is -0.457 e. The van der Waals surface area contributed by atoms with E-state index < -0.39 is 30.2 Å². The number of nitrogens with zero attached hydrogens (tertiary/aromatic N) is 1. The predicted molar refractivity (Wildman–Crippen MR) is 120 cm³/mol. The smallest absolute Gasteiger partial charge is 0.379 e. The summed E-state index contributed by atoms with van der Waals surface area (Å²) in [5.74, 6) is -2.19. The molecule has 1 aliphatic rings. The van der Waals surface area contributed by atoms with E-state index in [0.717, 1.165) is 4.47 Å². The molecule has 9 heteroatoms. The maximum absolute atomic E-state index is 12.4. The van der Waals surface area contributed by atoms with Gasteiger partial charge in [0.2, 0.25) is 11.7 Å². The molecule has 1 atom stereocenters. The fraction of sp³-hybridized carbons (Fsp3) is 0.167. The Morgan fingerprint density at radius 3 is 2.42 bits per heavy atom. The molecule has 2 heterocycles. The Labute approximate surface area is 197 Å². The van der Waals surface area contributed by atoms with E-state index in [4.69, 9.17) is 13.9 Å². The van der Waals surface area contributed by atoms with Crippen molar-refractivity contribution in [3.63, 3.8) is 0 Å². The van der Waals surface area contributed by atoms with Gasteiger partial charge in [-0.15, -0.1) is 0 Å². The summed E-state index contributed by atoms with van der Waals surface area (Å²) >= 11 is 3.34. The third kappa shape index (κ3) is 5.38. The number of anilines is 1. The Balaban J connectivity index is 1.28. The standard InChI is InChI=1S/C24H18BrNO7/c25-17-5-7-18(8-6-17)26-13-16(12-22(26)28)23(29)32-14-20(27)15-3-9-19(10-4-15)33-24(30)21-2-1-11-31-21/h1-11,16H,12-14H2/t16-/m0/s1. The fourth-order valence-corrected chi connectivity index (χ4v) is 3.60. The maximum Gasteiger partial charge on any atom is 0.379 e. The van der Waals surface area contributed by atoms with E-state index in [1.54, 1.807) is 18.2 Å². The lowest BCUT2D eigenvalue weighted by atomic mass is 10.1. The second-order valence-electron chi connectivity index (χ2n) is 7.30. The van der Waals surface area contributed by atoms with Crippen LogP contribution in [0.4, 0.5) is 5.69 Å². The van der Waals surface area contributed by atoms with Crippen molar-refractivity contribution in [2.75, 3.05) is 18.1 Å². The van der Waals surface area contributed by atoms with Crippen molar-refractivity contribution < 1.29 is 33.1 Å². The van der Waals surface area contributed by atoms with E-state index in [2.05, 4.69) is 15.9 Å². The molecule has 33 heavy (non-hydrogen) atoms. The van der Waals surface area contributed by atoms with E-state index >= 15 is 0 Å². The van der Waals surface area contributed by atoms with Crippen molar-refractivity contribution in [1.82, 2.24) is 0 Å². The van der Waals surface area contributed by atoms with Gasteiger partial charge in [0.15, 0.2) is 12.4 Å². The number of ketones is 1. The van der Waals surface area contributed by atoms with Gasteiger partial charge in [-0.25, -0.2) is 4.79 Å². The highest BCUT2D eigenvalue weighted by molar-refractivity contribution is 9.10. The first-order chi connectivity index (χ1) is 15.9. The summed E-state index contributed by atoms with van der Waals surface area (Å²) in [5, 5.41) is 0. The third-order valence-corrected chi connectivity index (χ3v) is 5.58. The second kappa shape index (κ2) is 9.83. The Kier molecular flexibility index (Phi) is 6.69. The molecule has 1 saturated heterocycles. The van der Waals surface area contributed by atoms with Crippen LogP contribution < -0.4 is 9.64 Å². The third-order valence-electron chi connectivity index (χ3n) is 5.05. The van der Waals surface area contributed by atoms with Crippen molar-refractivity contribution in [1.29, 1.82) is 0 Å². The van der Waals surface area contributed by atoms with Crippen LogP contribution in [0.5, 0.6) is 5.75 Å². The van der Waals surface area contributed by atoms with Gasteiger partial charge in [-0.05, 0) is 60.7 Å². The molecule has 0 aliphatic carbocycles. The molecule has 0 unspecified atom stereocenters. The molecule has 0 N–H and O–H groups in total. The van der Waals surface area contributed by atoms with Crippen molar-refractivity contribution in [2.24, 2.45) is 5.92 Å². The normalized spacial score (nSPS) is 15.4. The molecule has 1 aromatic heterocycles. The summed E-state index contributed by atoms with van der Waals surface area (Å²) in [6.45, 7) is -0.253. The molecule has 0 radical (unpaired) electrons. The summed E-state index contributed by atoms with van der Waals surface area (Å²) in [5.41, 5.74) is 0.988. The van der Waals surface area contributed by atoms with Gasteiger partial charge < -0.3 is 18.8 Å². The number of hydrogen-bond acceptors (Lipinski definition) is 7. The molecule has 1 fully saturated rings. The highest BCUT2D eigenvalue weighted by Gasteiger charge is 2.36. The van der Waals surface area contributed by atoms with Gasteiger partial charge in [-0.3, -0.25) is 14.4 Å². The van der Waals surface area contributed by atoms with Crippen LogP contribution >= 0.6 is 15.9 Å². The average Bonchev–Trinajstić information content (AvgIpc) is 3.49. The zero-order valence-corrected chi connectivity index (χ0v) is 18.8. The van der Waals surface area contributed by atoms with Crippen LogP contribution in [0.2, 0.25) is 0 Å². The first-order valence-electron chi connectivity index (χ1n) is 10.0. The zero-order chi connectivity index (χ0) is 23.4. The quantitative estimate of drug-likeness (QED) is 0.268. The van der Waals surface area contributed by atoms with E-state index in [-0.39, 0.29) is 30.4 Å². The van der Waals surface area contributed by atoms with Crippen LogP contribution in [0, 0.1) is 5.92 Å². The number of rotatable bonds is 7. The van der Waals surface area contributed by atoms with Gasteiger partial charge in [-0.2, -0.15) is 0 Å². The number of furan rings is 1. The lowest BCUT2D eigenvalue weighted by molar-refractivity contribution is -0.147. The van der Waals surface area contributed by atoms with Gasteiger partial charge >= 0.3 is 11.9 Å². The molecule has 168 valence electrons. The zero-order valence-electron chi connectivity index (χ0n) is 17.2. The summed E-state index contributed by atoms with van der Waals surface area (Å²) in [7, 11) is 0. The largest absolute Gasteiger partial charge is 0.457 e. The number of benzene rings is 2. The Morgan fingerprint density at radius 1 is 1.03 bits per heavy atom. The first kappa shape index (κ1) is 22.5. The fourth-order valence-electron chi connectivity index (χ4n) is 3.33. The average molecular weight is 512 g/mol. The Bertz CT molecular complexity index is 1170. The van der Waals surface area contributed by atoms with E-state index in [9.17, 15) is 19.2 Å². The van der Waals surface area contributed by atoms with E-state index in [1.165, 1.54) is 41.5 Å². The number of carbonyl (C=O) groups is 4. The van der Waals surface area contributed by atoms with E-state index in [1.807, 2.05) is 12.1 Å². The number of esters is 2. The lowest BCUT2D eigenvalue weighted by Gasteiger charge is -2.16. The van der Waals surface area contributed by atoms with Crippen LogP contribution in [0.1, 0.15) is 27.3 Å². The summed E-state index contributed by atoms with van der Waals surface area (Å²) < 4.78 is 16.2. The summed E-state index contributed by atoms with van der Waals surface area (Å²) in [4.78, 5) is 50.5. The molecule has 0 spiro atoms. The molecule has 3 aromatic rings. The number of ether oxygens (including phenoxy) is 2. The monoisotopic (exact) mass is 511 g/mol. The van der Waals surface area contributed by atoms with Crippen LogP contribution in [0.25, 0.3) is 0 Å². The summed E-state index contributed by atoms with van der Waals surface area (Å²) in [6, 6.07) is 16.1. The summed E-state index contributed by atoms with van der Waals surface area (Å²) in [6.07, 6.45) is 1.39. The van der Waals surface area contributed by atoms with Crippen molar-refractivity contribution in [3.05, 3.63) is 82.7 Å². The maximum atomic E-state index is 12.4. The molecule has 2 aromatic carbocycles. The molecular formula is C24H18BrNO7. The van der Waals surface area contributed by atoms with Gasteiger partial charge in [0.05, 0.1) is 12.2 Å². The van der Waals surface area contributed by atoms with Crippen LogP contribution in [0.3, 0.4) is 0 Å². The SMILES string of the molecule is O=C(COC(=O)[C@H]1CC(=O)N(c2ccc(Br)cc2)C1)c1ccc(OC(=O)c2ccco2)cc1. The Hall–Kier alpha value is -3.72. The highest BCUT2D eigenvalue weighted by atomic mass is 79.9. The van der Waals surface area contributed by atoms with Gasteiger partial charge in [0.1, 0.15) is 5.75 Å². The van der Waals surface area contributed by atoms with Gasteiger partial charge in [0.25, 0.3) is 0 Å². The molecule has 1 aliphatic heterocycles. The number of carbonyl (C=O) groups excluding carboxylic acids is 4.